The maximum atomic E-state index is 14.6. The predicted molar refractivity (Wildman–Crippen MR) is 63.3 cm³/mol. The highest BCUT2D eigenvalue weighted by Gasteiger charge is 2.37. The maximum Gasteiger partial charge on any atom is 0.116 e. The average Bonchev–Trinajstić information content (AvgIpc) is 2.23. The van der Waals surface area contributed by atoms with Crippen LogP contribution in [-0.4, -0.2) is 43.4 Å². The molecule has 0 amide bonds. The first kappa shape index (κ1) is 12.3. The summed E-state index contributed by atoms with van der Waals surface area (Å²) in [5, 5.41) is 0. The van der Waals surface area contributed by atoms with Gasteiger partial charge in [0.25, 0.3) is 0 Å². The standard InChI is InChI=1S/C13H24FNO/c1-11-3-8-16-12(9-11)10-13(14)4-6-15(2)7-5-13/h11-12H,3-10H2,1-2H3/t11-,12?/m1/s1. The number of hydrogen-bond acceptors (Lipinski definition) is 2. The van der Waals surface area contributed by atoms with Gasteiger partial charge >= 0.3 is 0 Å². The quantitative estimate of drug-likeness (QED) is 0.721. The van der Waals surface area contributed by atoms with Crippen molar-refractivity contribution >= 4 is 0 Å². The molecular formula is C13H24FNO. The third-order valence-electron chi connectivity index (χ3n) is 4.11. The summed E-state index contributed by atoms with van der Waals surface area (Å²) in [6, 6.07) is 0. The summed E-state index contributed by atoms with van der Waals surface area (Å²) in [6.45, 7) is 4.84. The Morgan fingerprint density at radius 3 is 2.69 bits per heavy atom. The van der Waals surface area contributed by atoms with Crippen molar-refractivity contribution in [1.82, 2.24) is 4.90 Å². The molecule has 94 valence electrons. The molecule has 2 aliphatic heterocycles. The number of ether oxygens (including phenoxy) is 1. The Morgan fingerprint density at radius 1 is 1.38 bits per heavy atom. The van der Waals surface area contributed by atoms with Gasteiger partial charge in [-0.1, -0.05) is 6.92 Å². The molecule has 2 rings (SSSR count). The van der Waals surface area contributed by atoms with Gasteiger partial charge < -0.3 is 9.64 Å². The van der Waals surface area contributed by atoms with Crippen LogP contribution in [0.2, 0.25) is 0 Å². The van der Waals surface area contributed by atoms with Crippen LogP contribution in [0.25, 0.3) is 0 Å². The number of hydrogen-bond donors (Lipinski definition) is 0. The Kier molecular flexibility index (Phi) is 3.85. The molecule has 0 bridgehead atoms. The molecule has 0 aromatic carbocycles. The van der Waals surface area contributed by atoms with Crippen molar-refractivity contribution in [3.63, 3.8) is 0 Å². The van der Waals surface area contributed by atoms with Gasteiger partial charge in [0.05, 0.1) is 6.10 Å². The number of rotatable bonds is 2. The van der Waals surface area contributed by atoms with Gasteiger partial charge in [-0.25, -0.2) is 4.39 Å². The van der Waals surface area contributed by atoms with E-state index in [1.54, 1.807) is 0 Å². The van der Waals surface area contributed by atoms with Crippen molar-refractivity contribution in [3.05, 3.63) is 0 Å². The SMILES string of the molecule is C[C@@H]1CCOC(CC2(F)CCN(C)CC2)C1. The molecule has 2 saturated heterocycles. The van der Waals surface area contributed by atoms with Crippen LogP contribution in [0.3, 0.4) is 0 Å². The van der Waals surface area contributed by atoms with Gasteiger partial charge in [0.1, 0.15) is 5.67 Å². The van der Waals surface area contributed by atoms with Gasteiger partial charge in [0.15, 0.2) is 0 Å². The Bertz CT molecular complexity index is 226. The number of alkyl halides is 1. The van der Waals surface area contributed by atoms with Crippen molar-refractivity contribution in [3.8, 4) is 0 Å². The van der Waals surface area contributed by atoms with Crippen LogP contribution in [-0.2, 0) is 4.74 Å². The highest BCUT2D eigenvalue weighted by atomic mass is 19.1. The van der Waals surface area contributed by atoms with Crippen molar-refractivity contribution in [2.75, 3.05) is 26.7 Å². The van der Waals surface area contributed by atoms with Crippen LogP contribution in [0, 0.1) is 5.92 Å². The molecule has 0 spiro atoms. The van der Waals surface area contributed by atoms with Crippen LogP contribution in [0.1, 0.15) is 39.0 Å². The molecule has 0 aliphatic carbocycles. The van der Waals surface area contributed by atoms with E-state index in [0.717, 1.165) is 32.5 Å². The van der Waals surface area contributed by atoms with E-state index in [0.29, 0.717) is 25.2 Å². The van der Waals surface area contributed by atoms with Gasteiger partial charge in [-0.2, -0.15) is 0 Å². The molecule has 2 nitrogen and oxygen atoms in total. The van der Waals surface area contributed by atoms with E-state index in [2.05, 4.69) is 18.9 Å². The molecule has 2 heterocycles. The minimum Gasteiger partial charge on any atom is -0.378 e. The smallest absolute Gasteiger partial charge is 0.116 e. The zero-order valence-electron chi connectivity index (χ0n) is 10.5. The Hall–Kier alpha value is -0.150. The number of likely N-dealkylation sites (tertiary alicyclic amines) is 1. The first-order valence-electron chi connectivity index (χ1n) is 6.56. The fourth-order valence-electron chi connectivity index (χ4n) is 2.84. The van der Waals surface area contributed by atoms with E-state index in [4.69, 9.17) is 4.74 Å². The van der Waals surface area contributed by atoms with Crippen molar-refractivity contribution in [2.45, 2.75) is 50.8 Å². The van der Waals surface area contributed by atoms with Crippen molar-refractivity contribution in [2.24, 2.45) is 5.92 Å². The normalized spacial score (nSPS) is 36.2. The van der Waals surface area contributed by atoms with Crippen LogP contribution >= 0.6 is 0 Å². The summed E-state index contributed by atoms with van der Waals surface area (Å²) in [6.07, 6.45) is 4.32. The molecule has 2 aliphatic rings. The summed E-state index contributed by atoms with van der Waals surface area (Å²) in [7, 11) is 2.07. The highest BCUT2D eigenvalue weighted by Crippen LogP contribution is 2.34. The lowest BCUT2D eigenvalue weighted by molar-refractivity contribution is -0.0537. The van der Waals surface area contributed by atoms with Gasteiger partial charge in [-0.05, 0) is 38.6 Å². The number of piperidine rings is 1. The fraction of sp³-hybridized carbons (Fsp3) is 1.00. The Labute approximate surface area is 98.1 Å². The van der Waals surface area contributed by atoms with Gasteiger partial charge in [0, 0.05) is 26.1 Å². The zero-order valence-corrected chi connectivity index (χ0v) is 10.5. The monoisotopic (exact) mass is 229 g/mol. The van der Waals surface area contributed by atoms with Crippen molar-refractivity contribution < 1.29 is 9.13 Å². The molecule has 2 fully saturated rings. The first-order chi connectivity index (χ1) is 7.57. The first-order valence-corrected chi connectivity index (χ1v) is 6.56. The van der Waals surface area contributed by atoms with Crippen molar-refractivity contribution in [1.29, 1.82) is 0 Å². The molecular weight excluding hydrogens is 205 g/mol. The predicted octanol–water partition coefficient (Wildman–Crippen LogP) is 2.63. The van der Waals surface area contributed by atoms with E-state index >= 15 is 0 Å². The Morgan fingerprint density at radius 2 is 2.06 bits per heavy atom. The van der Waals surface area contributed by atoms with E-state index in [1.165, 1.54) is 0 Å². The summed E-state index contributed by atoms with van der Waals surface area (Å²) >= 11 is 0. The zero-order chi connectivity index (χ0) is 11.6. The van der Waals surface area contributed by atoms with Crippen LogP contribution < -0.4 is 0 Å². The second-order valence-electron chi connectivity index (χ2n) is 5.78. The minimum atomic E-state index is -0.964. The third-order valence-corrected chi connectivity index (χ3v) is 4.11. The molecule has 2 atom stereocenters. The van der Waals surface area contributed by atoms with Crippen LogP contribution in [0.4, 0.5) is 4.39 Å². The molecule has 0 aromatic heterocycles. The molecule has 0 N–H and O–H groups in total. The largest absolute Gasteiger partial charge is 0.378 e. The van der Waals surface area contributed by atoms with Gasteiger partial charge in [-0.15, -0.1) is 0 Å². The van der Waals surface area contributed by atoms with E-state index < -0.39 is 5.67 Å². The Balaban J connectivity index is 1.83. The van der Waals surface area contributed by atoms with Gasteiger partial charge in [-0.3, -0.25) is 0 Å². The average molecular weight is 229 g/mol. The summed E-state index contributed by atoms with van der Waals surface area (Å²) in [5.74, 6) is 0.702. The molecule has 0 aromatic rings. The van der Waals surface area contributed by atoms with E-state index in [1.807, 2.05) is 0 Å². The lowest BCUT2D eigenvalue weighted by Gasteiger charge is -2.38. The number of halogens is 1. The number of nitrogens with zero attached hydrogens (tertiary/aromatic N) is 1. The lowest BCUT2D eigenvalue weighted by atomic mass is 9.84. The topological polar surface area (TPSA) is 12.5 Å². The van der Waals surface area contributed by atoms with Crippen LogP contribution in [0.5, 0.6) is 0 Å². The van der Waals surface area contributed by atoms with Gasteiger partial charge in [0.2, 0.25) is 0 Å². The third kappa shape index (κ3) is 3.17. The molecule has 1 unspecified atom stereocenters. The second kappa shape index (κ2) is 5.01. The fourth-order valence-corrected chi connectivity index (χ4v) is 2.84. The maximum absolute atomic E-state index is 14.6. The molecule has 0 saturated carbocycles. The van der Waals surface area contributed by atoms with E-state index in [-0.39, 0.29) is 6.10 Å². The summed E-state index contributed by atoms with van der Waals surface area (Å²) in [5.41, 5.74) is -0.964. The van der Waals surface area contributed by atoms with E-state index in [9.17, 15) is 4.39 Å². The molecule has 3 heteroatoms. The molecule has 16 heavy (non-hydrogen) atoms. The summed E-state index contributed by atoms with van der Waals surface area (Å²) < 4.78 is 20.2. The highest BCUT2D eigenvalue weighted by molar-refractivity contribution is 4.89. The lowest BCUT2D eigenvalue weighted by Crippen LogP contribution is -2.43. The minimum absolute atomic E-state index is 0.164. The molecule has 0 radical (unpaired) electrons. The summed E-state index contributed by atoms with van der Waals surface area (Å²) in [4.78, 5) is 2.21. The second-order valence-corrected chi connectivity index (χ2v) is 5.78. The van der Waals surface area contributed by atoms with Crippen LogP contribution in [0.15, 0.2) is 0 Å².